The number of nitrogens with zero attached hydrogens (tertiary/aromatic N) is 2. The zero-order valence-electron chi connectivity index (χ0n) is 13.9. The number of hydrogen-bond donors (Lipinski definition) is 1. The number of ether oxygens (including phenoxy) is 2. The Kier molecular flexibility index (Phi) is 7.17. The number of aromatic nitrogens is 2. The van der Waals surface area contributed by atoms with E-state index in [1.807, 2.05) is 12.1 Å². The molecule has 1 heterocycles. The predicted molar refractivity (Wildman–Crippen MR) is 92.2 cm³/mol. The van der Waals surface area contributed by atoms with Crippen LogP contribution in [0.1, 0.15) is 31.7 Å². The molecule has 1 aromatic carbocycles. The van der Waals surface area contributed by atoms with Crippen molar-refractivity contribution in [2.45, 2.75) is 32.6 Å². The fraction of sp³-hybridized carbons (Fsp3) is 0.444. The standard InChI is InChI=1S/C18H25N3O2/c1-3-4-10-20-18-17(13-19-14-21-18)23-11-6-8-15-7-5-9-16(12-15)22-2/h5,7,9,12-14H,3-4,6,8,10-11H2,1-2H3,(H,19,20,21). The summed E-state index contributed by atoms with van der Waals surface area (Å²) < 4.78 is 11.1. The Morgan fingerprint density at radius 3 is 2.96 bits per heavy atom. The second kappa shape index (κ2) is 9.66. The van der Waals surface area contributed by atoms with Crippen molar-refractivity contribution in [1.29, 1.82) is 0 Å². The number of hydrogen-bond acceptors (Lipinski definition) is 5. The molecule has 0 unspecified atom stereocenters. The van der Waals surface area contributed by atoms with E-state index >= 15 is 0 Å². The summed E-state index contributed by atoms with van der Waals surface area (Å²) in [6.07, 6.45) is 7.39. The van der Waals surface area contributed by atoms with Crippen molar-refractivity contribution < 1.29 is 9.47 Å². The first-order valence-corrected chi connectivity index (χ1v) is 8.13. The van der Waals surface area contributed by atoms with Gasteiger partial charge in [0.1, 0.15) is 12.1 Å². The van der Waals surface area contributed by atoms with Gasteiger partial charge in [-0.3, -0.25) is 0 Å². The first-order valence-electron chi connectivity index (χ1n) is 8.13. The van der Waals surface area contributed by atoms with Gasteiger partial charge in [-0.2, -0.15) is 0 Å². The van der Waals surface area contributed by atoms with E-state index in [9.17, 15) is 0 Å². The molecule has 124 valence electrons. The summed E-state index contributed by atoms with van der Waals surface area (Å²) in [5, 5.41) is 3.30. The van der Waals surface area contributed by atoms with Crippen LogP contribution in [0.3, 0.4) is 0 Å². The molecule has 1 aromatic heterocycles. The van der Waals surface area contributed by atoms with Crippen molar-refractivity contribution >= 4 is 5.82 Å². The molecule has 0 saturated carbocycles. The maximum absolute atomic E-state index is 5.83. The van der Waals surface area contributed by atoms with Crippen molar-refractivity contribution in [3.8, 4) is 11.5 Å². The lowest BCUT2D eigenvalue weighted by atomic mass is 10.1. The highest BCUT2D eigenvalue weighted by atomic mass is 16.5. The molecule has 0 saturated heterocycles. The Bertz CT molecular complexity index is 590. The van der Waals surface area contributed by atoms with Crippen molar-refractivity contribution in [2.24, 2.45) is 0 Å². The zero-order chi connectivity index (χ0) is 16.3. The SMILES string of the molecule is CCCCNc1ncncc1OCCCc1cccc(OC)c1. The Balaban J connectivity index is 1.79. The fourth-order valence-corrected chi connectivity index (χ4v) is 2.23. The fourth-order valence-electron chi connectivity index (χ4n) is 2.23. The molecule has 0 aliphatic heterocycles. The smallest absolute Gasteiger partial charge is 0.179 e. The van der Waals surface area contributed by atoms with Gasteiger partial charge in [0.25, 0.3) is 0 Å². The van der Waals surface area contributed by atoms with Gasteiger partial charge in [0.2, 0.25) is 0 Å². The van der Waals surface area contributed by atoms with Crippen LogP contribution in [0, 0.1) is 0 Å². The van der Waals surface area contributed by atoms with Gasteiger partial charge in [-0.25, -0.2) is 9.97 Å². The molecule has 0 radical (unpaired) electrons. The molecule has 0 aliphatic rings. The lowest BCUT2D eigenvalue weighted by Crippen LogP contribution is -2.07. The molecule has 0 atom stereocenters. The van der Waals surface area contributed by atoms with E-state index in [0.29, 0.717) is 12.4 Å². The van der Waals surface area contributed by atoms with Crippen LogP contribution < -0.4 is 14.8 Å². The zero-order valence-corrected chi connectivity index (χ0v) is 13.9. The van der Waals surface area contributed by atoms with Gasteiger partial charge in [-0.1, -0.05) is 25.5 Å². The van der Waals surface area contributed by atoms with Crippen LogP contribution in [0.2, 0.25) is 0 Å². The number of benzene rings is 1. The molecule has 23 heavy (non-hydrogen) atoms. The van der Waals surface area contributed by atoms with Gasteiger partial charge in [-0.05, 0) is 37.0 Å². The second-order valence-corrected chi connectivity index (χ2v) is 5.32. The lowest BCUT2D eigenvalue weighted by molar-refractivity contribution is 0.310. The summed E-state index contributed by atoms with van der Waals surface area (Å²) in [6, 6.07) is 8.13. The van der Waals surface area contributed by atoms with E-state index in [2.05, 4.69) is 34.3 Å². The summed E-state index contributed by atoms with van der Waals surface area (Å²) in [6.45, 7) is 3.69. The molecular formula is C18H25N3O2. The Morgan fingerprint density at radius 2 is 2.13 bits per heavy atom. The van der Waals surface area contributed by atoms with Crippen molar-refractivity contribution in [3.05, 3.63) is 42.4 Å². The molecule has 1 N–H and O–H groups in total. The molecule has 2 rings (SSSR count). The highest BCUT2D eigenvalue weighted by Crippen LogP contribution is 2.20. The molecular weight excluding hydrogens is 290 g/mol. The number of rotatable bonds is 10. The molecule has 0 aliphatic carbocycles. The van der Waals surface area contributed by atoms with Gasteiger partial charge in [0.05, 0.1) is 19.9 Å². The Morgan fingerprint density at radius 1 is 1.22 bits per heavy atom. The summed E-state index contributed by atoms with van der Waals surface area (Å²) in [7, 11) is 1.69. The average molecular weight is 315 g/mol. The van der Waals surface area contributed by atoms with Crippen LogP contribution >= 0.6 is 0 Å². The molecule has 5 heteroatoms. The van der Waals surface area contributed by atoms with Crippen LogP contribution in [0.4, 0.5) is 5.82 Å². The van der Waals surface area contributed by atoms with Crippen molar-refractivity contribution in [2.75, 3.05) is 25.6 Å². The molecule has 5 nitrogen and oxygen atoms in total. The van der Waals surface area contributed by atoms with Crippen LogP contribution in [-0.4, -0.2) is 30.2 Å². The summed E-state index contributed by atoms with van der Waals surface area (Å²) >= 11 is 0. The largest absolute Gasteiger partial charge is 0.497 e. The molecule has 2 aromatic rings. The number of anilines is 1. The third-order valence-electron chi connectivity index (χ3n) is 3.50. The molecule has 0 fully saturated rings. The third-order valence-corrected chi connectivity index (χ3v) is 3.50. The predicted octanol–water partition coefficient (Wildman–Crippen LogP) is 3.71. The van der Waals surface area contributed by atoms with E-state index in [0.717, 1.165) is 43.8 Å². The molecule has 0 spiro atoms. The van der Waals surface area contributed by atoms with Crippen molar-refractivity contribution in [3.63, 3.8) is 0 Å². The second-order valence-electron chi connectivity index (χ2n) is 5.32. The number of aryl methyl sites for hydroxylation is 1. The van der Waals surface area contributed by atoms with E-state index < -0.39 is 0 Å². The summed E-state index contributed by atoms with van der Waals surface area (Å²) in [4.78, 5) is 8.29. The summed E-state index contributed by atoms with van der Waals surface area (Å²) in [5.74, 6) is 2.38. The van der Waals surface area contributed by atoms with Gasteiger partial charge in [0, 0.05) is 6.54 Å². The number of nitrogens with one attached hydrogen (secondary N) is 1. The Hall–Kier alpha value is -2.30. The monoisotopic (exact) mass is 315 g/mol. The van der Waals surface area contributed by atoms with Gasteiger partial charge in [0.15, 0.2) is 11.6 Å². The minimum atomic E-state index is 0.632. The van der Waals surface area contributed by atoms with Crippen LogP contribution in [0.15, 0.2) is 36.8 Å². The number of unbranched alkanes of at least 4 members (excludes halogenated alkanes) is 1. The summed E-state index contributed by atoms with van der Waals surface area (Å²) in [5.41, 5.74) is 1.25. The first kappa shape index (κ1) is 17.1. The molecule has 0 amide bonds. The van der Waals surface area contributed by atoms with E-state index in [-0.39, 0.29) is 0 Å². The first-order chi connectivity index (χ1) is 11.3. The normalized spacial score (nSPS) is 10.3. The highest BCUT2D eigenvalue weighted by Gasteiger charge is 2.04. The van der Waals surface area contributed by atoms with Crippen LogP contribution in [0.5, 0.6) is 11.5 Å². The quantitative estimate of drug-likeness (QED) is 0.677. The maximum Gasteiger partial charge on any atom is 0.179 e. The van der Waals surface area contributed by atoms with E-state index in [1.165, 1.54) is 11.9 Å². The minimum Gasteiger partial charge on any atom is -0.497 e. The minimum absolute atomic E-state index is 0.632. The van der Waals surface area contributed by atoms with Crippen LogP contribution in [0.25, 0.3) is 0 Å². The van der Waals surface area contributed by atoms with Crippen molar-refractivity contribution in [1.82, 2.24) is 9.97 Å². The number of methoxy groups -OCH3 is 1. The third kappa shape index (κ3) is 5.77. The average Bonchev–Trinajstić information content (AvgIpc) is 2.60. The lowest BCUT2D eigenvalue weighted by Gasteiger charge is -2.11. The van der Waals surface area contributed by atoms with E-state index in [1.54, 1.807) is 13.3 Å². The van der Waals surface area contributed by atoms with Gasteiger partial charge >= 0.3 is 0 Å². The van der Waals surface area contributed by atoms with Gasteiger partial charge in [-0.15, -0.1) is 0 Å². The van der Waals surface area contributed by atoms with E-state index in [4.69, 9.17) is 9.47 Å². The Labute approximate surface area is 138 Å². The molecule has 0 bridgehead atoms. The van der Waals surface area contributed by atoms with Crippen LogP contribution in [-0.2, 0) is 6.42 Å². The van der Waals surface area contributed by atoms with Gasteiger partial charge < -0.3 is 14.8 Å². The maximum atomic E-state index is 5.83. The topological polar surface area (TPSA) is 56.3 Å². The highest BCUT2D eigenvalue weighted by molar-refractivity contribution is 5.47.